The van der Waals surface area contributed by atoms with Crippen molar-refractivity contribution >= 4 is 0 Å². The molecule has 0 aromatic heterocycles. The van der Waals surface area contributed by atoms with Crippen LogP contribution in [0.15, 0.2) is 11.3 Å². The summed E-state index contributed by atoms with van der Waals surface area (Å²) in [6.07, 6.45) is -0.122. The second kappa shape index (κ2) is 4.30. The molecule has 0 bridgehead atoms. The maximum absolute atomic E-state index is 8.73. The van der Waals surface area contributed by atoms with Gasteiger partial charge in [0, 0.05) is 11.3 Å². The van der Waals surface area contributed by atoms with E-state index in [1.165, 1.54) is 0 Å². The molecule has 0 saturated carbocycles. The number of hydrogen-bond acceptors (Lipinski definition) is 3. The first-order valence-electron chi connectivity index (χ1n) is 3.47. The number of allylic oxidation sites excluding steroid dienone is 1. The van der Waals surface area contributed by atoms with Crippen molar-refractivity contribution < 1.29 is 10.2 Å². The summed E-state index contributed by atoms with van der Waals surface area (Å²) in [5, 5.41) is 17.5. The molecule has 0 unspecified atom stereocenters. The van der Waals surface area contributed by atoms with E-state index < -0.39 is 6.29 Å². The van der Waals surface area contributed by atoms with Crippen molar-refractivity contribution in [2.75, 3.05) is 0 Å². The number of hydrogen-bond donors (Lipinski definition) is 3. The minimum absolute atomic E-state index is 0.530. The van der Waals surface area contributed by atoms with E-state index >= 15 is 0 Å². The van der Waals surface area contributed by atoms with Crippen molar-refractivity contribution in [1.82, 2.24) is 0 Å². The van der Waals surface area contributed by atoms with Gasteiger partial charge in [0.2, 0.25) is 0 Å². The van der Waals surface area contributed by atoms with Crippen LogP contribution >= 0.6 is 0 Å². The van der Waals surface area contributed by atoms with Gasteiger partial charge >= 0.3 is 0 Å². The van der Waals surface area contributed by atoms with E-state index in [4.69, 9.17) is 15.9 Å². The molecule has 0 aromatic rings. The van der Waals surface area contributed by atoms with Crippen molar-refractivity contribution in [2.24, 2.45) is 5.73 Å². The third-order valence-electron chi connectivity index (χ3n) is 1.49. The van der Waals surface area contributed by atoms with Crippen LogP contribution in [0.4, 0.5) is 0 Å². The van der Waals surface area contributed by atoms with Crippen LogP contribution in [0.5, 0.6) is 0 Å². The normalized spacial score (nSPS) is 13.7. The zero-order valence-electron chi connectivity index (χ0n) is 6.46. The largest absolute Gasteiger partial charge is 0.402 e. The van der Waals surface area contributed by atoms with Gasteiger partial charge in [-0.05, 0) is 12.8 Å². The highest BCUT2D eigenvalue weighted by molar-refractivity contribution is 5.11. The fourth-order valence-corrected chi connectivity index (χ4v) is 0.803. The Morgan fingerprint density at radius 3 is 1.90 bits per heavy atom. The zero-order chi connectivity index (χ0) is 8.15. The SMILES string of the molecule is CC/C(N)=C(/CC)C(O)O. The van der Waals surface area contributed by atoms with Crippen LogP contribution in [0.1, 0.15) is 26.7 Å². The van der Waals surface area contributed by atoms with E-state index in [2.05, 4.69) is 0 Å². The van der Waals surface area contributed by atoms with Gasteiger partial charge in [-0.25, -0.2) is 0 Å². The van der Waals surface area contributed by atoms with Gasteiger partial charge in [0.1, 0.15) is 0 Å². The smallest absolute Gasteiger partial charge is 0.176 e. The molecule has 0 fully saturated rings. The van der Waals surface area contributed by atoms with Gasteiger partial charge in [0.25, 0.3) is 0 Å². The Morgan fingerprint density at radius 1 is 1.30 bits per heavy atom. The zero-order valence-corrected chi connectivity index (χ0v) is 6.46. The van der Waals surface area contributed by atoms with Crippen LogP contribution in [-0.4, -0.2) is 16.5 Å². The Bertz CT molecular complexity index is 130. The molecule has 0 radical (unpaired) electrons. The highest BCUT2D eigenvalue weighted by Gasteiger charge is 2.06. The molecule has 0 rings (SSSR count). The molecule has 10 heavy (non-hydrogen) atoms. The Labute approximate surface area is 61.2 Å². The Kier molecular flexibility index (Phi) is 4.07. The van der Waals surface area contributed by atoms with Crippen LogP contribution < -0.4 is 5.73 Å². The Morgan fingerprint density at radius 2 is 1.80 bits per heavy atom. The van der Waals surface area contributed by atoms with Crippen LogP contribution in [0, 0.1) is 0 Å². The minimum atomic E-state index is -1.38. The van der Waals surface area contributed by atoms with Gasteiger partial charge in [0.15, 0.2) is 6.29 Å². The summed E-state index contributed by atoms with van der Waals surface area (Å²) in [5.74, 6) is 0. The van der Waals surface area contributed by atoms with Crippen molar-refractivity contribution in [2.45, 2.75) is 33.0 Å². The predicted octanol–water partition coefficient (Wildman–Crippen LogP) is 0.330. The van der Waals surface area contributed by atoms with Crippen LogP contribution in [-0.2, 0) is 0 Å². The van der Waals surface area contributed by atoms with Gasteiger partial charge in [-0.1, -0.05) is 13.8 Å². The van der Waals surface area contributed by atoms with Gasteiger partial charge < -0.3 is 15.9 Å². The van der Waals surface area contributed by atoms with Crippen LogP contribution in [0.3, 0.4) is 0 Å². The van der Waals surface area contributed by atoms with Gasteiger partial charge in [0.05, 0.1) is 0 Å². The topological polar surface area (TPSA) is 66.5 Å². The highest BCUT2D eigenvalue weighted by Crippen LogP contribution is 2.09. The number of aliphatic hydroxyl groups is 2. The number of rotatable bonds is 3. The molecule has 0 amide bonds. The molecular formula is C7H15NO2. The molecule has 60 valence electrons. The van der Waals surface area contributed by atoms with Crippen LogP contribution in [0.25, 0.3) is 0 Å². The maximum atomic E-state index is 8.73. The fourth-order valence-electron chi connectivity index (χ4n) is 0.803. The summed E-state index contributed by atoms with van der Waals surface area (Å²) < 4.78 is 0. The van der Waals surface area contributed by atoms with Crippen molar-refractivity contribution in [3.05, 3.63) is 11.3 Å². The summed E-state index contributed by atoms with van der Waals surface area (Å²) >= 11 is 0. The van der Waals surface area contributed by atoms with Crippen molar-refractivity contribution in [3.63, 3.8) is 0 Å². The van der Waals surface area contributed by atoms with Crippen LogP contribution in [0.2, 0.25) is 0 Å². The van der Waals surface area contributed by atoms with E-state index in [1.807, 2.05) is 13.8 Å². The van der Waals surface area contributed by atoms with Gasteiger partial charge in [-0.3, -0.25) is 0 Å². The first kappa shape index (κ1) is 9.46. The molecule has 0 aromatic carbocycles. The molecule has 0 aliphatic heterocycles. The summed E-state index contributed by atoms with van der Waals surface area (Å²) in [5.41, 5.74) is 6.60. The van der Waals surface area contributed by atoms with Crippen molar-refractivity contribution in [3.8, 4) is 0 Å². The monoisotopic (exact) mass is 145 g/mol. The predicted molar refractivity (Wildman–Crippen MR) is 40.0 cm³/mol. The summed E-state index contributed by atoms with van der Waals surface area (Å²) in [6, 6.07) is 0. The van der Waals surface area contributed by atoms with E-state index in [-0.39, 0.29) is 0 Å². The molecule has 4 N–H and O–H groups in total. The third-order valence-corrected chi connectivity index (χ3v) is 1.49. The summed E-state index contributed by atoms with van der Waals surface area (Å²) in [7, 11) is 0. The van der Waals surface area contributed by atoms with E-state index in [1.54, 1.807) is 0 Å². The molecule has 0 aliphatic carbocycles. The summed E-state index contributed by atoms with van der Waals surface area (Å²) in [4.78, 5) is 0. The first-order valence-corrected chi connectivity index (χ1v) is 3.47. The van der Waals surface area contributed by atoms with Crippen molar-refractivity contribution in [1.29, 1.82) is 0 Å². The lowest BCUT2D eigenvalue weighted by molar-refractivity contribution is -0.0108. The highest BCUT2D eigenvalue weighted by atomic mass is 16.5. The lowest BCUT2D eigenvalue weighted by Crippen LogP contribution is -2.14. The lowest BCUT2D eigenvalue weighted by Gasteiger charge is -2.09. The average molecular weight is 145 g/mol. The number of nitrogens with two attached hydrogens (primary N) is 1. The van der Waals surface area contributed by atoms with E-state index in [0.717, 1.165) is 0 Å². The third kappa shape index (κ3) is 2.37. The molecule has 0 atom stereocenters. The van der Waals surface area contributed by atoms with Gasteiger partial charge in [-0.15, -0.1) is 0 Å². The van der Waals surface area contributed by atoms with Gasteiger partial charge in [-0.2, -0.15) is 0 Å². The van der Waals surface area contributed by atoms with E-state index in [9.17, 15) is 0 Å². The first-order chi connectivity index (χ1) is 4.63. The number of aliphatic hydroxyl groups excluding tert-OH is 1. The quantitative estimate of drug-likeness (QED) is 0.501. The minimum Gasteiger partial charge on any atom is -0.402 e. The Hall–Kier alpha value is -0.540. The molecule has 3 heteroatoms. The maximum Gasteiger partial charge on any atom is 0.176 e. The average Bonchev–Trinajstić information content (AvgIpc) is 1.88. The Balaban J connectivity index is 4.29. The molecular weight excluding hydrogens is 130 g/mol. The molecule has 0 spiro atoms. The molecule has 3 nitrogen and oxygen atoms in total. The van der Waals surface area contributed by atoms with E-state index in [0.29, 0.717) is 24.1 Å². The molecule has 0 saturated heterocycles. The molecule has 0 heterocycles. The molecule has 0 aliphatic rings. The lowest BCUT2D eigenvalue weighted by atomic mass is 10.1. The summed E-state index contributed by atoms with van der Waals surface area (Å²) in [6.45, 7) is 3.73. The second-order valence-electron chi connectivity index (χ2n) is 2.13. The standard InChI is InChI=1S/C7H15NO2/c1-3-5(7(9)10)6(8)4-2/h7,9-10H,3-4,8H2,1-2H3/b6-5+. The fraction of sp³-hybridized carbons (Fsp3) is 0.714. The second-order valence-corrected chi connectivity index (χ2v) is 2.13.